The summed E-state index contributed by atoms with van der Waals surface area (Å²) in [5, 5.41) is 0. The lowest BCUT2D eigenvalue weighted by atomic mass is 10.2. The normalized spacial score (nSPS) is 14.6. The minimum Gasteiger partial charge on any atom is -0.457 e. The highest BCUT2D eigenvalue weighted by atomic mass is 16.5. The van der Waals surface area contributed by atoms with Crippen molar-refractivity contribution < 1.29 is 19.1 Å². The molecule has 0 aliphatic carbocycles. The van der Waals surface area contributed by atoms with E-state index in [2.05, 4.69) is 0 Å². The van der Waals surface area contributed by atoms with Crippen LogP contribution in [0.15, 0.2) is 36.1 Å². The van der Waals surface area contributed by atoms with Crippen molar-refractivity contribution >= 4 is 23.5 Å². The summed E-state index contributed by atoms with van der Waals surface area (Å²) in [5.74, 6) is 0.205. The Morgan fingerprint density at radius 2 is 1.80 bits per heavy atom. The van der Waals surface area contributed by atoms with Crippen LogP contribution >= 0.6 is 0 Å². The number of urea groups is 1. The van der Waals surface area contributed by atoms with Crippen LogP contribution in [0.1, 0.15) is 20.8 Å². The van der Waals surface area contributed by atoms with Gasteiger partial charge in [0, 0.05) is 33.1 Å². The van der Waals surface area contributed by atoms with E-state index in [-0.39, 0.29) is 13.1 Å². The lowest BCUT2D eigenvalue weighted by molar-refractivity contribution is -0.128. The zero-order valence-electron chi connectivity index (χ0n) is 15.0. The van der Waals surface area contributed by atoms with Gasteiger partial charge >= 0.3 is 6.03 Å². The minimum atomic E-state index is -0.621. The van der Waals surface area contributed by atoms with Crippen molar-refractivity contribution in [2.24, 2.45) is 0 Å². The zero-order chi connectivity index (χ0) is 18.6. The summed E-state index contributed by atoms with van der Waals surface area (Å²) < 4.78 is 5.76. The third-order valence-corrected chi connectivity index (χ3v) is 3.94. The summed E-state index contributed by atoms with van der Waals surface area (Å²) in [5.41, 5.74) is 0.935. The van der Waals surface area contributed by atoms with Crippen molar-refractivity contribution in [1.82, 2.24) is 9.80 Å². The second-order valence-electron chi connectivity index (χ2n) is 5.66. The summed E-state index contributed by atoms with van der Waals surface area (Å²) in [6.07, 6.45) is 1.31. The van der Waals surface area contributed by atoms with Gasteiger partial charge in [-0.05, 0) is 26.0 Å². The molecule has 7 heteroatoms. The van der Waals surface area contributed by atoms with E-state index >= 15 is 0 Å². The lowest BCUT2D eigenvalue weighted by Gasteiger charge is -2.29. The van der Waals surface area contributed by atoms with Crippen LogP contribution in [0, 0.1) is 0 Å². The summed E-state index contributed by atoms with van der Waals surface area (Å²) in [7, 11) is 1.90. The van der Waals surface area contributed by atoms with Crippen LogP contribution in [0.2, 0.25) is 0 Å². The average Bonchev–Trinajstić information content (AvgIpc) is 2.55. The third kappa shape index (κ3) is 3.99. The maximum atomic E-state index is 12.5. The van der Waals surface area contributed by atoms with Crippen molar-refractivity contribution in [2.45, 2.75) is 20.8 Å². The molecule has 1 aromatic carbocycles. The number of hydrogen-bond acceptors (Lipinski definition) is 5. The van der Waals surface area contributed by atoms with E-state index < -0.39 is 17.8 Å². The number of anilines is 1. The molecular formula is C18H23N3O4. The topological polar surface area (TPSA) is 70.2 Å². The third-order valence-electron chi connectivity index (χ3n) is 3.94. The van der Waals surface area contributed by atoms with Crippen LogP contribution in [-0.2, 0) is 9.59 Å². The van der Waals surface area contributed by atoms with Gasteiger partial charge in [0.25, 0.3) is 5.91 Å². The fourth-order valence-electron chi connectivity index (χ4n) is 2.67. The highest BCUT2D eigenvalue weighted by Crippen LogP contribution is 2.33. The summed E-state index contributed by atoms with van der Waals surface area (Å²) in [6, 6.07) is 6.90. The number of amides is 4. The molecule has 2 rings (SSSR count). The molecule has 0 saturated carbocycles. The molecule has 0 fully saturated rings. The highest BCUT2D eigenvalue weighted by molar-refractivity contribution is 6.05. The first-order chi connectivity index (χ1) is 11.9. The van der Waals surface area contributed by atoms with Crippen molar-refractivity contribution in [2.75, 3.05) is 31.6 Å². The number of para-hydroxylation sites is 2. The summed E-state index contributed by atoms with van der Waals surface area (Å²) in [4.78, 5) is 40.5. The van der Waals surface area contributed by atoms with Crippen LogP contribution in [-0.4, -0.2) is 54.3 Å². The van der Waals surface area contributed by atoms with Gasteiger partial charge in [-0.2, -0.15) is 0 Å². The minimum absolute atomic E-state index is 0.164. The number of imide groups is 2. The van der Waals surface area contributed by atoms with Gasteiger partial charge in [0.2, 0.25) is 5.91 Å². The molecule has 1 aliphatic heterocycles. The molecule has 0 saturated heterocycles. The molecule has 0 spiro atoms. The molecule has 0 atom stereocenters. The Morgan fingerprint density at radius 3 is 2.40 bits per heavy atom. The Kier molecular flexibility index (Phi) is 5.80. The number of carbonyl (C=O) groups is 3. The van der Waals surface area contributed by atoms with Gasteiger partial charge in [-0.25, -0.2) is 4.79 Å². The predicted molar refractivity (Wildman–Crippen MR) is 94.3 cm³/mol. The van der Waals surface area contributed by atoms with Gasteiger partial charge in [-0.1, -0.05) is 12.1 Å². The van der Waals surface area contributed by atoms with Gasteiger partial charge < -0.3 is 9.64 Å². The Morgan fingerprint density at radius 1 is 1.16 bits per heavy atom. The van der Waals surface area contributed by atoms with E-state index in [4.69, 9.17) is 4.74 Å². The largest absolute Gasteiger partial charge is 0.457 e. The van der Waals surface area contributed by atoms with Gasteiger partial charge in [0.1, 0.15) is 11.5 Å². The number of fused-ring (bicyclic) bond motifs is 1. The molecule has 0 radical (unpaired) electrons. The molecule has 1 aliphatic rings. The van der Waals surface area contributed by atoms with Crippen molar-refractivity contribution in [3.8, 4) is 5.75 Å². The maximum Gasteiger partial charge on any atom is 0.333 e. The first-order valence-electron chi connectivity index (χ1n) is 8.21. The fourth-order valence-corrected chi connectivity index (χ4v) is 2.67. The Bertz CT molecular complexity index is 714. The monoisotopic (exact) mass is 345 g/mol. The zero-order valence-corrected chi connectivity index (χ0v) is 15.0. The molecule has 0 aromatic heterocycles. The van der Waals surface area contributed by atoms with E-state index in [9.17, 15) is 14.4 Å². The van der Waals surface area contributed by atoms with E-state index in [0.29, 0.717) is 18.1 Å². The van der Waals surface area contributed by atoms with Crippen molar-refractivity contribution in [3.63, 3.8) is 0 Å². The smallest absolute Gasteiger partial charge is 0.333 e. The lowest BCUT2D eigenvalue weighted by Crippen LogP contribution is -2.47. The second kappa shape index (κ2) is 7.83. The van der Waals surface area contributed by atoms with Gasteiger partial charge in [0.15, 0.2) is 0 Å². The van der Waals surface area contributed by atoms with Crippen LogP contribution in [0.4, 0.5) is 10.5 Å². The number of nitrogens with zero attached hydrogens (tertiary/aromatic N) is 3. The van der Waals surface area contributed by atoms with Crippen LogP contribution in [0.25, 0.3) is 0 Å². The standard InChI is InChI=1S/C18H23N3O4/c1-5-20(13(3)22)18(24)21(6-2)17(23)11-14-12-19(4)15-9-7-8-10-16(15)25-14/h7-11H,5-6,12H2,1-4H3/b14-11+. The first-order valence-corrected chi connectivity index (χ1v) is 8.21. The quantitative estimate of drug-likeness (QED) is 0.786. The summed E-state index contributed by atoms with van der Waals surface area (Å²) >= 11 is 0. The molecule has 134 valence electrons. The second-order valence-corrected chi connectivity index (χ2v) is 5.66. The molecular weight excluding hydrogens is 322 g/mol. The molecule has 0 bridgehead atoms. The predicted octanol–water partition coefficient (Wildman–Crippen LogP) is 2.24. The van der Waals surface area contributed by atoms with Crippen molar-refractivity contribution in [3.05, 3.63) is 36.1 Å². The Labute approximate surface area is 147 Å². The maximum absolute atomic E-state index is 12.5. The van der Waals surface area contributed by atoms with Crippen LogP contribution in [0.3, 0.4) is 0 Å². The summed E-state index contributed by atoms with van der Waals surface area (Å²) in [6.45, 7) is 5.46. The average molecular weight is 345 g/mol. The molecule has 4 amide bonds. The van der Waals surface area contributed by atoms with Gasteiger partial charge in [-0.15, -0.1) is 0 Å². The number of carbonyl (C=O) groups excluding carboxylic acids is 3. The van der Waals surface area contributed by atoms with Crippen LogP contribution < -0.4 is 9.64 Å². The van der Waals surface area contributed by atoms with E-state index in [1.165, 1.54) is 13.0 Å². The van der Waals surface area contributed by atoms with Crippen LogP contribution in [0.5, 0.6) is 5.75 Å². The number of hydrogen-bond donors (Lipinski definition) is 0. The number of ether oxygens (including phenoxy) is 1. The van der Waals surface area contributed by atoms with E-state index in [1.54, 1.807) is 13.8 Å². The fraction of sp³-hybridized carbons (Fsp3) is 0.389. The van der Waals surface area contributed by atoms with E-state index in [1.807, 2.05) is 36.2 Å². The molecule has 0 N–H and O–H groups in total. The Balaban J connectivity index is 2.21. The number of likely N-dealkylation sites (N-methyl/N-ethyl adjacent to an activating group) is 2. The SMILES string of the molecule is CCN(C(C)=O)C(=O)N(CC)C(=O)/C=C1\CN(C)c2ccccc2O1. The number of rotatable bonds is 3. The van der Waals surface area contributed by atoms with Crippen molar-refractivity contribution in [1.29, 1.82) is 0 Å². The molecule has 1 aromatic rings. The Hall–Kier alpha value is -2.83. The van der Waals surface area contributed by atoms with Gasteiger partial charge in [-0.3, -0.25) is 19.4 Å². The molecule has 0 unspecified atom stereocenters. The molecule has 1 heterocycles. The number of benzene rings is 1. The highest BCUT2D eigenvalue weighted by Gasteiger charge is 2.27. The molecule has 7 nitrogen and oxygen atoms in total. The first kappa shape index (κ1) is 18.5. The molecule has 25 heavy (non-hydrogen) atoms. The van der Waals surface area contributed by atoms with E-state index in [0.717, 1.165) is 15.5 Å². The van der Waals surface area contributed by atoms with Gasteiger partial charge in [0.05, 0.1) is 12.2 Å².